The second-order valence-corrected chi connectivity index (χ2v) is 5.74. The Bertz CT molecular complexity index is 673. The van der Waals surface area contributed by atoms with Crippen LogP contribution in [0, 0.1) is 5.82 Å². The van der Waals surface area contributed by atoms with Gasteiger partial charge in [0.1, 0.15) is 11.0 Å². The van der Waals surface area contributed by atoms with Gasteiger partial charge in [-0.2, -0.15) is 0 Å². The van der Waals surface area contributed by atoms with Crippen molar-refractivity contribution in [2.24, 2.45) is 0 Å². The van der Waals surface area contributed by atoms with Gasteiger partial charge in [-0.05, 0) is 34.1 Å². The standard InChI is InChI=1S/C12H5BrCl3FN2O/c13-7-1-5(17)2-8(14)11(7)19-12(20)6-3-10(16)18-4-9(6)15/h1-4H,(H,19,20). The highest BCUT2D eigenvalue weighted by atomic mass is 79.9. The molecule has 0 saturated carbocycles. The van der Waals surface area contributed by atoms with Gasteiger partial charge in [0.15, 0.2) is 0 Å². The Labute approximate surface area is 137 Å². The minimum absolute atomic E-state index is 0.0569. The summed E-state index contributed by atoms with van der Waals surface area (Å²) in [5, 5.41) is 2.86. The molecule has 0 atom stereocenters. The first-order chi connectivity index (χ1) is 9.38. The molecule has 0 aliphatic heterocycles. The molecule has 0 saturated heterocycles. The lowest BCUT2D eigenvalue weighted by atomic mass is 10.2. The molecule has 0 unspecified atom stereocenters. The Morgan fingerprint density at radius 2 is 1.90 bits per heavy atom. The Balaban J connectivity index is 2.35. The van der Waals surface area contributed by atoms with Gasteiger partial charge in [-0.25, -0.2) is 9.37 Å². The van der Waals surface area contributed by atoms with Crippen LogP contribution in [-0.4, -0.2) is 10.9 Å². The molecule has 20 heavy (non-hydrogen) atoms. The maximum atomic E-state index is 13.1. The van der Waals surface area contributed by atoms with E-state index in [4.69, 9.17) is 34.8 Å². The number of nitrogens with one attached hydrogen (secondary N) is 1. The molecule has 2 rings (SSSR count). The number of aromatic nitrogens is 1. The second kappa shape index (κ2) is 6.26. The summed E-state index contributed by atoms with van der Waals surface area (Å²) in [4.78, 5) is 15.9. The molecular weight excluding hydrogens is 393 g/mol. The number of amides is 1. The number of carbonyl (C=O) groups excluding carboxylic acids is 1. The van der Waals surface area contributed by atoms with E-state index in [9.17, 15) is 9.18 Å². The SMILES string of the molecule is O=C(Nc1c(Cl)cc(F)cc1Br)c1cc(Cl)ncc1Cl. The van der Waals surface area contributed by atoms with Crippen molar-refractivity contribution in [2.45, 2.75) is 0 Å². The van der Waals surface area contributed by atoms with Gasteiger partial charge in [0.05, 0.1) is 21.3 Å². The summed E-state index contributed by atoms with van der Waals surface area (Å²) in [6.07, 6.45) is 1.26. The number of benzene rings is 1. The quantitative estimate of drug-likeness (QED) is 0.707. The van der Waals surface area contributed by atoms with Crippen molar-refractivity contribution < 1.29 is 9.18 Å². The first kappa shape index (κ1) is 15.5. The van der Waals surface area contributed by atoms with E-state index in [0.29, 0.717) is 4.47 Å². The van der Waals surface area contributed by atoms with Gasteiger partial charge >= 0.3 is 0 Å². The Morgan fingerprint density at radius 1 is 1.20 bits per heavy atom. The fraction of sp³-hybridized carbons (Fsp3) is 0. The van der Waals surface area contributed by atoms with Crippen LogP contribution in [0.15, 0.2) is 28.9 Å². The van der Waals surface area contributed by atoms with E-state index in [1.165, 1.54) is 18.3 Å². The minimum atomic E-state index is -0.534. The number of hydrogen-bond acceptors (Lipinski definition) is 2. The average Bonchev–Trinajstić information content (AvgIpc) is 2.36. The van der Waals surface area contributed by atoms with Gasteiger partial charge in [0.25, 0.3) is 5.91 Å². The molecule has 0 spiro atoms. The summed E-state index contributed by atoms with van der Waals surface area (Å²) >= 11 is 20.6. The summed E-state index contributed by atoms with van der Waals surface area (Å²) in [6, 6.07) is 3.59. The monoisotopic (exact) mass is 396 g/mol. The fourth-order valence-corrected chi connectivity index (χ4v) is 2.68. The summed E-state index contributed by atoms with van der Waals surface area (Å²) in [5.41, 5.74) is 0.376. The van der Waals surface area contributed by atoms with Gasteiger partial charge in [-0.15, -0.1) is 0 Å². The topological polar surface area (TPSA) is 42.0 Å². The number of hydrogen-bond donors (Lipinski definition) is 1. The highest BCUT2D eigenvalue weighted by Crippen LogP contribution is 2.32. The third-order valence-corrected chi connectivity index (χ3v) is 3.74. The fourth-order valence-electron chi connectivity index (χ4n) is 1.43. The maximum absolute atomic E-state index is 13.1. The molecule has 1 aromatic carbocycles. The Morgan fingerprint density at radius 3 is 2.55 bits per heavy atom. The summed E-state index contributed by atoms with van der Waals surface area (Å²) in [7, 11) is 0. The molecule has 0 radical (unpaired) electrons. The zero-order valence-electron chi connectivity index (χ0n) is 9.55. The van der Waals surface area contributed by atoms with Crippen molar-refractivity contribution in [3.05, 3.63) is 55.4 Å². The molecule has 2 aromatic rings. The predicted molar refractivity (Wildman–Crippen MR) is 81.3 cm³/mol. The predicted octanol–water partition coefficient (Wildman–Crippen LogP) is 5.20. The van der Waals surface area contributed by atoms with E-state index in [-0.39, 0.29) is 26.4 Å². The van der Waals surface area contributed by atoms with Crippen LogP contribution in [0.2, 0.25) is 15.2 Å². The van der Waals surface area contributed by atoms with Crippen LogP contribution in [0.1, 0.15) is 10.4 Å². The van der Waals surface area contributed by atoms with Crippen molar-refractivity contribution in [3.63, 3.8) is 0 Å². The zero-order valence-corrected chi connectivity index (χ0v) is 13.4. The molecule has 0 aliphatic rings. The second-order valence-electron chi connectivity index (χ2n) is 3.69. The van der Waals surface area contributed by atoms with Crippen LogP contribution >= 0.6 is 50.7 Å². The van der Waals surface area contributed by atoms with Crippen molar-refractivity contribution in [1.29, 1.82) is 0 Å². The van der Waals surface area contributed by atoms with Crippen molar-refractivity contribution in [1.82, 2.24) is 4.98 Å². The molecule has 8 heteroatoms. The van der Waals surface area contributed by atoms with Gasteiger partial charge in [-0.1, -0.05) is 34.8 Å². The van der Waals surface area contributed by atoms with Crippen LogP contribution in [0.5, 0.6) is 0 Å². The highest BCUT2D eigenvalue weighted by Gasteiger charge is 2.16. The van der Waals surface area contributed by atoms with Gasteiger partial charge in [0, 0.05) is 10.7 Å². The van der Waals surface area contributed by atoms with E-state index in [1.54, 1.807) is 0 Å². The molecule has 1 amide bonds. The van der Waals surface area contributed by atoms with E-state index >= 15 is 0 Å². The largest absolute Gasteiger partial charge is 0.320 e. The Hall–Kier alpha value is -0.880. The number of pyridine rings is 1. The van der Waals surface area contributed by atoms with E-state index in [2.05, 4.69) is 26.2 Å². The van der Waals surface area contributed by atoms with Crippen LogP contribution in [0.3, 0.4) is 0 Å². The molecule has 1 N–H and O–H groups in total. The summed E-state index contributed by atoms with van der Waals surface area (Å²) in [6.45, 7) is 0. The van der Waals surface area contributed by atoms with Gasteiger partial charge < -0.3 is 5.32 Å². The third-order valence-electron chi connectivity index (χ3n) is 2.31. The van der Waals surface area contributed by atoms with E-state index < -0.39 is 11.7 Å². The molecule has 0 fully saturated rings. The van der Waals surface area contributed by atoms with Crippen LogP contribution < -0.4 is 5.32 Å². The first-order valence-electron chi connectivity index (χ1n) is 5.15. The first-order valence-corrected chi connectivity index (χ1v) is 7.08. The minimum Gasteiger partial charge on any atom is -0.320 e. The van der Waals surface area contributed by atoms with Crippen molar-refractivity contribution >= 4 is 62.3 Å². The van der Waals surface area contributed by atoms with Crippen molar-refractivity contribution in [2.75, 3.05) is 5.32 Å². The van der Waals surface area contributed by atoms with E-state index in [0.717, 1.165) is 6.07 Å². The number of nitrogens with zero attached hydrogens (tertiary/aromatic N) is 1. The maximum Gasteiger partial charge on any atom is 0.257 e. The molecular formula is C12H5BrCl3FN2O. The molecule has 104 valence electrons. The average molecular weight is 398 g/mol. The van der Waals surface area contributed by atoms with Crippen LogP contribution in [0.25, 0.3) is 0 Å². The lowest BCUT2D eigenvalue weighted by molar-refractivity contribution is 0.102. The summed E-state index contributed by atoms with van der Waals surface area (Å²) in [5.74, 6) is -1.06. The molecule has 3 nitrogen and oxygen atoms in total. The van der Waals surface area contributed by atoms with Crippen LogP contribution in [-0.2, 0) is 0 Å². The van der Waals surface area contributed by atoms with Gasteiger partial charge in [0.2, 0.25) is 0 Å². The number of carbonyl (C=O) groups is 1. The number of anilines is 1. The smallest absolute Gasteiger partial charge is 0.257 e. The van der Waals surface area contributed by atoms with Crippen molar-refractivity contribution in [3.8, 4) is 0 Å². The number of halogens is 5. The number of rotatable bonds is 2. The lowest BCUT2D eigenvalue weighted by Crippen LogP contribution is -2.13. The molecule has 1 heterocycles. The normalized spacial score (nSPS) is 10.4. The molecule has 1 aromatic heterocycles. The zero-order chi connectivity index (χ0) is 14.9. The summed E-state index contributed by atoms with van der Waals surface area (Å²) < 4.78 is 13.4. The lowest BCUT2D eigenvalue weighted by Gasteiger charge is -2.10. The highest BCUT2D eigenvalue weighted by molar-refractivity contribution is 9.10. The van der Waals surface area contributed by atoms with Crippen LogP contribution in [0.4, 0.5) is 10.1 Å². The Kier molecular flexibility index (Phi) is 4.86. The van der Waals surface area contributed by atoms with Gasteiger partial charge in [-0.3, -0.25) is 4.79 Å². The third kappa shape index (κ3) is 3.41. The molecule has 0 aliphatic carbocycles. The molecule has 0 bridgehead atoms. The van der Waals surface area contributed by atoms with E-state index in [1.807, 2.05) is 0 Å².